The predicted molar refractivity (Wildman–Crippen MR) is 42.1 cm³/mol. The first-order valence-corrected chi connectivity index (χ1v) is 3.77. The molecule has 1 rings (SSSR count). The Bertz CT molecular complexity index is 147. The molecule has 1 fully saturated rings. The fraction of sp³-hybridized carbons (Fsp3) is 0.750. The summed E-state index contributed by atoms with van der Waals surface area (Å²) in [7, 11) is 0. The molecule has 1 atom stereocenters. The smallest absolute Gasteiger partial charge is 0.0947 e. The van der Waals surface area contributed by atoms with Crippen molar-refractivity contribution >= 4 is 0 Å². The SMILES string of the molecule is C#CC(CO)N1CCOCC1. The van der Waals surface area contributed by atoms with Crippen LogP contribution in [-0.4, -0.2) is 49.0 Å². The molecular formula is C8H13NO2. The van der Waals surface area contributed by atoms with Gasteiger partial charge in [0.25, 0.3) is 0 Å². The topological polar surface area (TPSA) is 32.7 Å². The van der Waals surface area contributed by atoms with Crippen LogP contribution in [0.2, 0.25) is 0 Å². The predicted octanol–water partition coefficient (Wildman–Crippen LogP) is -0.687. The lowest BCUT2D eigenvalue weighted by atomic mass is 10.2. The van der Waals surface area contributed by atoms with Crippen molar-refractivity contribution in [2.24, 2.45) is 0 Å². The Morgan fingerprint density at radius 1 is 1.55 bits per heavy atom. The Balaban J connectivity index is 2.38. The van der Waals surface area contributed by atoms with Gasteiger partial charge in [0, 0.05) is 13.1 Å². The number of terminal acetylenes is 1. The summed E-state index contributed by atoms with van der Waals surface area (Å²) in [6, 6.07) is -0.126. The van der Waals surface area contributed by atoms with E-state index in [-0.39, 0.29) is 12.6 Å². The summed E-state index contributed by atoms with van der Waals surface area (Å²) < 4.78 is 5.15. The Kier molecular flexibility index (Phi) is 3.37. The monoisotopic (exact) mass is 155 g/mol. The highest BCUT2D eigenvalue weighted by Crippen LogP contribution is 2.01. The van der Waals surface area contributed by atoms with Gasteiger partial charge in [0.05, 0.1) is 25.9 Å². The Morgan fingerprint density at radius 2 is 2.18 bits per heavy atom. The molecule has 1 heterocycles. The molecule has 0 aromatic heterocycles. The van der Waals surface area contributed by atoms with Crippen molar-refractivity contribution < 1.29 is 9.84 Å². The summed E-state index contributed by atoms with van der Waals surface area (Å²) in [5.41, 5.74) is 0. The third-order valence-corrected chi connectivity index (χ3v) is 1.85. The maximum atomic E-state index is 8.85. The first-order valence-electron chi connectivity index (χ1n) is 3.77. The summed E-state index contributed by atoms with van der Waals surface area (Å²) in [4.78, 5) is 2.06. The Labute approximate surface area is 67.0 Å². The van der Waals surface area contributed by atoms with E-state index in [2.05, 4.69) is 10.8 Å². The number of rotatable bonds is 2. The van der Waals surface area contributed by atoms with Gasteiger partial charge in [-0.2, -0.15) is 0 Å². The van der Waals surface area contributed by atoms with Crippen LogP contribution in [0.15, 0.2) is 0 Å². The zero-order valence-electron chi connectivity index (χ0n) is 6.49. The van der Waals surface area contributed by atoms with Gasteiger partial charge in [0.15, 0.2) is 0 Å². The zero-order valence-corrected chi connectivity index (χ0v) is 6.49. The van der Waals surface area contributed by atoms with Crippen LogP contribution < -0.4 is 0 Å². The fourth-order valence-corrected chi connectivity index (χ4v) is 1.16. The average molecular weight is 155 g/mol. The van der Waals surface area contributed by atoms with Crippen molar-refractivity contribution in [1.29, 1.82) is 0 Å². The molecule has 0 bridgehead atoms. The van der Waals surface area contributed by atoms with Crippen molar-refractivity contribution in [3.8, 4) is 12.3 Å². The third kappa shape index (κ3) is 2.19. The van der Waals surface area contributed by atoms with Crippen molar-refractivity contribution in [2.75, 3.05) is 32.9 Å². The second-order valence-corrected chi connectivity index (χ2v) is 2.51. The molecule has 3 heteroatoms. The summed E-state index contributed by atoms with van der Waals surface area (Å²) in [5.74, 6) is 2.54. The molecule has 0 saturated carbocycles. The number of aliphatic hydroxyl groups is 1. The van der Waals surface area contributed by atoms with Gasteiger partial charge in [0.1, 0.15) is 0 Å². The lowest BCUT2D eigenvalue weighted by Gasteiger charge is -2.30. The van der Waals surface area contributed by atoms with Gasteiger partial charge in [-0.3, -0.25) is 4.90 Å². The lowest BCUT2D eigenvalue weighted by molar-refractivity contribution is 0.0167. The van der Waals surface area contributed by atoms with Gasteiger partial charge >= 0.3 is 0 Å². The van der Waals surface area contributed by atoms with Gasteiger partial charge in [-0.05, 0) is 0 Å². The van der Waals surface area contributed by atoms with E-state index in [4.69, 9.17) is 16.3 Å². The largest absolute Gasteiger partial charge is 0.394 e. The molecular weight excluding hydrogens is 142 g/mol. The van der Waals surface area contributed by atoms with Crippen molar-refractivity contribution in [2.45, 2.75) is 6.04 Å². The molecule has 0 aromatic carbocycles. The summed E-state index contributed by atoms with van der Waals surface area (Å²) in [6.45, 7) is 3.14. The number of aliphatic hydroxyl groups excluding tert-OH is 1. The molecule has 1 saturated heterocycles. The maximum absolute atomic E-state index is 8.85. The molecule has 0 radical (unpaired) electrons. The highest BCUT2D eigenvalue weighted by atomic mass is 16.5. The van der Waals surface area contributed by atoms with Crippen LogP contribution in [0.4, 0.5) is 0 Å². The molecule has 11 heavy (non-hydrogen) atoms. The number of hydrogen-bond donors (Lipinski definition) is 1. The minimum atomic E-state index is -0.126. The van der Waals surface area contributed by atoms with Gasteiger partial charge in [-0.15, -0.1) is 6.42 Å². The molecule has 1 aliphatic rings. The zero-order chi connectivity index (χ0) is 8.10. The lowest BCUT2D eigenvalue weighted by Crippen LogP contribution is -2.44. The second-order valence-electron chi connectivity index (χ2n) is 2.51. The summed E-state index contributed by atoms with van der Waals surface area (Å²) in [5, 5.41) is 8.85. The van der Waals surface area contributed by atoms with Crippen molar-refractivity contribution in [3.63, 3.8) is 0 Å². The van der Waals surface area contributed by atoms with Crippen LogP contribution in [0.25, 0.3) is 0 Å². The summed E-state index contributed by atoms with van der Waals surface area (Å²) >= 11 is 0. The number of hydrogen-bond acceptors (Lipinski definition) is 3. The highest BCUT2D eigenvalue weighted by molar-refractivity contribution is 5.00. The van der Waals surface area contributed by atoms with Crippen LogP contribution in [-0.2, 0) is 4.74 Å². The van der Waals surface area contributed by atoms with Gasteiger partial charge in [-0.25, -0.2) is 0 Å². The van der Waals surface area contributed by atoms with E-state index >= 15 is 0 Å². The minimum absolute atomic E-state index is 0.0382. The van der Waals surface area contributed by atoms with Gasteiger partial charge in [0.2, 0.25) is 0 Å². The van der Waals surface area contributed by atoms with Crippen LogP contribution in [0.3, 0.4) is 0 Å². The molecule has 0 aliphatic carbocycles. The van der Waals surface area contributed by atoms with E-state index in [1.165, 1.54) is 0 Å². The Hall–Kier alpha value is -0.560. The molecule has 0 amide bonds. The fourth-order valence-electron chi connectivity index (χ4n) is 1.16. The highest BCUT2D eigenvalue weighted by Gasteiger charge is 2.17. The molecule has 1 aliphatic heterocycles. The second kappa shape index (κ2) is 4.35. The van der Waals surface area contributed by atoms with E-state index in [1.807, 2.05) is 0 Å². The van der Waals surface area contributed by atoms with E-state index in [1.54, 1.807) is 0 Å². The van der Waals surface area contributed by atoms with Gasteiger partial charge in [-0.1, -0.05) is 5.92 Å². The quantitative estimate of drug-likeness (QED) is 0.536. The van der Waals surface area contributed by atoms with Crippen molar-refractivity contribution in [1.82, 2.24) is 4.90 Å². The summed E-state index contributed by atoms with van der Waals surface area (Å²) in [6.07, 6.45) is 5.22. The minimum Gasteiger partial charge on any atom is -0.394 e. The average Bonchev–Trinajstić information content (AvgIpc) is 2.09. The van der Waals surface area contributed by atoms with Crippen LogP contribution in [0.1, 0.15) is 0 Å². The molecule has 3 nitrogen and oxygen atoms in total. The van der Waals surface area contributed by atoms with E-state index in [0.29, 0.717) is 0 Å². The normalized spacial score (nSPS) is 22.5. The number of ether oxygens (including phenoxy) is 1. The Morgan fingerprint density at radius 3 is 2.64 bits per heavy atom. The standard InChI is InChI=1S/C8H13NO2/c1-2-8(7-10)9-3-5-11-6-4-9/h1,8,10H,3-7H2. The van der Waals surface area contributed by atoms with E-state index < -0.39 is 0 Å². The molecule has 1 N–H and O–H groups in total. The van der Waals surface area contributed by atoms with Crippen LogP contribution in [0.5, 0.6) is 0 Å². The van der Waals surface area contributed by atoms with E-state index in [0.717, 1.165) is 26.3 Å². The first kappa shape index (κ1) is 8.54. The van der Waals surface area contributed by atoms with Crippen LogP contribution in [0, 0.1) is 12.3 Å². The van der Waals surface area contributed by atoms with E-state index in [9.17, 15) is 0 Å². The third-order valence-electron chi connectivity index (χ3n) is 1.85. The molecule has 0 spiro atoms. The first-order chi connectivity index (χ1) is 5.38. The van der Waals surface area contributed by atoms with Gasteiger partial charge < -0.3 is 9.84 Å². The maximum Gasteiger partial charge on any atom is 0.0947 e. The number of morpholine rings is 1. The van der Waals surface area contributed by atoms with Crippen molar-refractivity contribution in [3.05, 3.63) is 0 Å². The molecule has 0 aromatic rings. The molecule has 62 valence electrons. The molecule has 1 unspecified atom stereocenters. The number of nitrogens with zero attached hydrogens (tertiary/aromatic N) is 1. The van der Waals surface area contributed by atoms with Crippen LogP contribution >= 0.6 is 0 Å².